The summed E-state index contributed by atoms with van der Waals surface area (Å²) in [6, 6.07) is 0.805. The highest BCUT2D eigenvalue weighted by Crippen LogP contribution is 2.32. The molecule has 1 heterocycles. The van der Waals surface area contributed by atoms with E-state index in [0.29, 0.717) is 0 Å². The largest absolute Gasteiger partial charge is 0.574 e. The summed E-state index contributed by atoms with van der Waals surface area (Å²) in [5, 5.41) is 0. The van der Waals surface area contributed by atoms with Crippen molar-refractivity contribution >= 4 is 15.9 Å². The van der Waals surface area contributed by atoms with Crippen LogP contribution in [0.3, 0.4) is 0 Å². The van der Waals surface area contributed by atoms with Gasteiger partial charge in [-0.2, -0.15) is 0 Å². The second-order valence-electron chi connectivity index (χ2n) is 2.83. The molecule has 0 saturated heterocycles. The standard InChI is InChI=1S/C8H5BrF5NO/c1-3-2-4(16-8(12,13)14)15-6(9)5(3)7(10)11/h2,7H,1H3. The minimum Gasteiger partial charge on any atom is -0.388 e. The Kier molecular flexibility index (Phi) is 3.72. The number of nitrogens with zero attached hydrogens (tertiary/aromatic N) is 1. The van der Waals surface area contributed by atoms with Crippen molar-refractivity contribution in [1.29, 1.82) is 0 Å². The van der Waals surface area contributed by atoms with E-state index in [1.165, 1.54) is 6.92 Å². The van der Waals surface area contributed by atoms with E-state index in [1.807, 2.05) is 0 Å². The molecule has 8 heteroatoms. The number of halogens is 6. The predicted molar refractivity (Wildman–Crippen MR) is 48.3 cm³/mol. The number of aryl methyl sites for hydroxylation is 1. The van der Waals surface area contributed by atoms with Crippen molar-refractivity contribution in [2.45, 2.75) is 19.7 Å². The number of alkyl halides is 5. The second kappa shape index (κ2) is 4.52. The molecule has 16 heavy (non-hydrogen) atoms. The van der Waals surface area contributed by atoms with Gasteiger partial charge in [-0.1, -0.05) is 0 Å². The maximum atomic E-state index is 12.4. The lowest BCUT2D eigenvalue weighted by Gasteiger charge is -2.11. The van der Waals surface area contributed by atoms with Gasteiger partial charge in [0.1, 0.15) is 4.60 Å². The molecule has 0 aliphatic rings. The molecule has 0 aromatic carbocycles. The Morgan fingerprint density at radius 1 is 1.38 bits per heavy atom. The SMILES string of the molecule is Cc1cc(OC(F)(F)F)nc(Br)c1C(F)F. The lowest BCUT2D eigenvalue weighted by Crippen LogP contribution is -2.18. The molecular formula is C8H5BrF5NO. The van der Waals surface area contributed by atoms with Crippen LogP contribution in [0.5, 0.6) is 5.88 Å². The number of pyridine rings is 1. The molecule has 0 aliphatic heterocycles. The summed E-state index contributed by atoms with van der Waals surface area (Å²) >= 11 is 2.67. The molecule has 1 aromatic heterocycles. The van der Waals surface area contributed by atoms with Crippen molar-refractivity contribution < 1.29 is 26.7 Å². The fourth-order valence-electron chi connectivity index (χ4n) is 1.05. The minimum absolute atomic E-state index is 0.0314. The monoisotopic (exact) mass is 305 g/mol. The van der Waals surface area contributed by atoms with Crippen LogP contribution < -0.4 is 4.74 Å². The van der Waals surface area contributed by atoms with Crippen LogP contribution in [-0.2, 0) is 0 Å². The summed E-state index contributed by atoms with van der Waals surface area (Å²) in [4.78, 5) is 3.24. The molecule has 0 bridgehead atoms. The van der Waals surface area contributed by atoms with Gasteiger partial charge in [0, 0.05) is 6.07 Å². The topological polar surface area (TPSA) is 22.1 Å². The first-order valence-electron chi connectivity index (χ1n) is 3.91. The van der Waals surface area contributed by atoms with Gasteiger partial charge in [-0.3, -0.25) is 0 Å². The summed E-state index contributed by atoms with van der Waals surface area (Å²) in [5.74, 6) is -0.777. The Hall–Kier alpha value is -0.920. The predicted octanol–water partition coefficient (Wildman–Crippen LogP) is 3.99. The number of rotatable bonds is 2. The van der Waals surface area contributed by atoms with Gasteiger partial charge in [-0.15, -0.1) is 13.2 Å². The molecule has 2 nitrogen and oxygen atoms in total. The average molecular weight is 306 g/mol. The van der Waals surface area contributed by atoms with Gasteiger partial charge in [0.25, 0.3) is 6.43 Å². The first-order chi connectivity index (χ1) is 7.20. The third kappa shape index (κ3) is 3.29. The molecule has 0 aliphatic carbocycles. The number of aromatic nitrogens is 1. The molecule has 1 aromatic rings. The van der Waals surface area contributed by atoms with E-state index < -0.39 is 24.2 Å². The summed E-state index contributed by atoms with van der Waals surface area (Å²) in [6.07, 6.45) is -7.72. The molecule has 0 radical (unpaired) electrons. The third-order valence-electron chi connectivity index (χ3n) is 1.63. The maximum Gasteiger partial charge on any atom is 0.574 e. The maximum absolute atomic E-state index is 12.4. The molecule has 0 amide bonds. The highest BCUT2D eigenvalue weighted by atomic mass is 79.9. The normalized spacial score (nSPS) is 12.0. The highest BCUT2D eigenvalue weighted by molar-refractivity contribution is 9.10. The summed E-state index contributed by atoms with van der Waals surface area (Å²) in [7, 11) is 0. The summed E-state index contributed by atoms with van der Waals surface area (Å²) in [5.41, 5.74) is -0.481. The van der Waals surface area contributed by atoms with Crippen LogP contribution in [0, 0.1) is 6.92 Å². The molecule has 0 spiro atoms. The van der Waals surface area contributed by atoms with Gasteiger partial charge in [0.05, 0.1) is 5.56 Å². The molecule has 90 valence electrons. The zero-order chi connectivity index (χ0) is 12.5. The smallest absolute Gasteiger partial charge is 0.388 e. The van der Waals surface area contributed by atoms with Gasteiger partial charge in [0.15, 0.2) is 0 Å². The van der Waals surface area contributed by atoms with Crippen molar-refractivity contribution in [3.63, 3.8) is 0 Å². The highest BCUT2D eigenvalue weighted by Gasteiger charge is 2.32. The van der Waals surface area contributed by atoms with Gasteiger partial charge in [-0.25, -0.2) is 13.8 Å². The zero-order valence-electron chi connectivity index (χ0n) is 7.78. The Balaban J connectivity index is 3.10. The molecule has 0 atom stereocenters. The van der Waals surface area contributed by atoms with Crippen molar-refractivity contribution in [2.75, 3.05) is 0 Å². The summed E-state index contributed by atoms with van der Waals surface area (Å²) in [6.45, 7) is 1.25. The van der Waals surface area contributed by atoms with E-state index in [2.05, 4.69) is 25.7 Å². The quantitative estimate of drug-likeness (QED) is 0.609. The van der Waals surface area contributed by atoms with Crippen LogP contribution in [0.1, 0.15) is 17.6 Å². The molecule has 0 saturated carbocycles. The Morgan fingerprint density at radius 2 is 1.94 bits per heavy atom. The van der Waals surface area contributed by atoms with Crippen molar-refractivity contribution in [1.82, 2.24) is 4.98 Å². The number of hydrogen-bond donors (Lipinski definition) is 0. The van der Waals surface area contributed by atoms with Crippen molar-refractivity contribution in [3.05, 3.63) is 21.8 Å². The van der Waals surface area contributed by atoms with E-state index in [-0.39, 0.29) is 10.2 Å². The van der Waals surface area contributed by atoms with E-state index in [4.69, 9.17) is 0 Å². The van der Waals surface area contributed by atoms with E-state index in [1.54, 1.807) is 0 Å². The minimum atomic E-state index is -4.90. The third-order valence-corrected chi connectivity index (χ3v) is 2.24. The lowest BCUT2D eigenvalue weighted by molar-refractivity contribution is -0.276. The first-order valence-corrected chi connectivity index (χ1v) is 4.71. The van der Waals surface area contributed by atoms with E-state index in [9.17, 15) is 22.0 Å². The average Bonchev–Trinajstić information content (AvgIpc) is 1.96. The molecule has 0 fully saturated rings. The Morgan fingerprint density at radius 3 is 2.31 bits per heavy atom. The van der Waals surface area contributed by atoms with E-state index >= 15 is 0 Å². The second-order valence-corrected chi connectivity index (χ2v) is 3.58. The number of ether oxygens (including phenoxy) is 1. The lowest BCUT2D eigenvalue weighted by atomic mass is 10.2. The Labute approximate surface area is 95.6 Å². The van der Waals surface area contributed by atoms with E-state index in [0.717, 1.165) is 6.07 Å². The fraction of sp³-hybridized carbons (Fsp3) is 0.375. The van der Waals surface area contributed by atoms with Crippen LogP contribution in [0.4, 0.5) is 22.0 Å². The first kappa shape index (κ1) is 13.1. The van der Waals surface area contributed by atoms with Crippen molar-refractivity contribution in [3.8, 4) is 5.88 Å². The molecular weight excluding hydrogens is 301 g/mol. The fourth-order valence-corrected chi connectivity index (χ4v) is 1.71. The Bertz CT molecular complexity index is 370. The van der Waals surface area contributed by atoms with Crippen LogP contribution in [0.25, 0.3) is 0 Å². The van der Waals surface area contributed by atoms with Crippen LogP contribution in [-0.4, -0.2) is 11.3 Å². The number of hydrogen-bond acceptors (Lipinski definition) is 2. The molecule has 0 N–H and O–H groups in total. The van der Waals surface area contributed by atoms with Gasteiger partial charge in [0.2, 0.25) is 5.88 Å². The zero-order valence-corrected chi connectivity index (χ0v) is 9.36. The molecule has 0 unspecified atom stereocenters. The molecule has 1 rings (SSSR count). The van der Waals surface area contributed by atoms with Crippen molar-refractivity contribution in [2.24, 2.45) is 0 Å². The van der Waals surface area contributed by atoms with Crippen LogP contribution in [0.15, 0.2) is 10.7 Å². The van der Waals surface area contributed by atoms with Crippen LogP contribution in [0.2, 0.25) is 0 Å². The summed E-state index contributed by atoms with van der Waals surface area (Å²) < 4.78 is 63.5. The van der Waals surface area contributed by atoms with Gasteiger partial charge < -0.3 is 4.74 Å². The van der Waals surface area contributed by atoms with Crippen LogP contribution >= 0.6 is 15.9 Å². The van der Waals surface area contributed by atoms with Gasteiger partial charge in [-0.05, 0) is 28.4 Å². The van der Waals surface area contributed by atoms with Gasteiger partial charge >= 0.3 is 6.36 Å².